The maximum absolute atomic E-state index is 10.0. The maximum Gasteiger partial charge on any atom is 0.161 e. The van der Waals surface area contributed by atoms with Crippen molar-refractivity contribution >= 4 is 5.70 Å². The summed E-state index contributed by atoms with van der Waals surface area (Å²) in [6.45, 7) is 0. The van der Waals surface area contributed by atoms with E-state index in [1.54, 1.807) is 6.07 Å². The van der Waals surface area contributed by atoms with Gasteiger partial charge in [-0.15, -0.1) is 0 Å². The molecule has 18 heavy (non-hydrogen) atoms. The summed E-state index contributed by atoms with van der Waals surface area (Å²) in [4.78, 5) is 0. The van der Waals surface area contributed by atoms with E-state index in [9.17, 15) is 10.2 Å². The molecule has 0 saturated heterocycles. The zero-order valence-corrected chi connectivity index (χ0v) is 10.4. The predicted molar refractivity (Wildman–Crippen MR) is 71.2 cm³/mol. The van der Waals surface area contributed by atoms with Crippen LogP contribution in [0.25, 0.3) is 5.70 Å². The number of hydrogen-bond acceptors (Lipinski definition) is 3. The Morgan fingerprint density at radius 3 is 2.50 bits per heavy atom. The van der Waals surface area contributed by atoms with Gasteiger partial charge in [-0.3, -0.25) is 0 Å². The number of nitrogens with two attached hydrogens (primary N) is 1. The largest absolute Gasteiger partial charge is 0.504 e. The molecular formula is C15H19NO2. The lowest BCUT2D eigenvalue weighted by Gasteiger charge is -2.38. The first-order valence-electron chi connectivity index (χ1n) is 6.64. The van der Waals surface area contributed by atoms with Crippen molar-refractivity contribution in [2.45, 2.75) is 38.5 Å². The Bertz CT molecular complexity index is 513. The lowest BCUT2D eigenvalue weighted by molar-refractivity contribution is 0.250. The van der Waals surface area contributed by atoms with Gasteiger partial charge in [0.1, 0.15) is 0 Å². The van der Waals surface area contributed by atoms with Crippen molar-refractivity contribution in [3.8, 4) is 11.5 Å². The third-order valence-electron chi connectivity index (χ3n) is 4.41. The fourth-order valence-electron chi connectivity index (χ4n) is 3.46. The summed E-state index contributed by atoms with van der Waals surface area (Å²) >= 11 is 0. The number of hydrogen-bond donors (Lipinski definition) is 3. The van der Waals surface area contributed by atoms with Crippen molar-refractivity contribution < 1.29 is 10.2 Å². The van der Waals surface area contributed by atoms with E-state index in [2.05, 4.69) is 6.08 Å². The van der Waals surface area contributed by atoms with Crippen LogP contribution < -0.4 is 5.73 Å². The van der Waals surface area contributed by atoms with Crippen LogP contribution in [-0.4, -0.2) is 10.2 Å². The molecule has 0 unspecified atom stereocenters. The van der Waals surface area contributed by atoms with Crippen LogP contribution in [0.4, 0.5) is 0 Å². The van der Waals surface area contributed by atoms with E-state index in [0.717, 1.165) is 36.1 Å². The number of fused-ring (bicyclic) bond motifs is 1. The van der Waals surface area contributed by atoms with Crippen molar-refractivity contribution in [3.05, 3.63) is 29.3 Å². The van der Waals surface area contributed by atoms with E-state index in [0.29, 0.717) is 0 Å². The molecule has 3 rings (SSSR count). The van der Waals surface area contributed by atoms with Crippen molar-refractivity contribution in [2.75, 3.05) is 0 Å². The summed E-state index contributed by atoms with van der Waals surface area (Å²) in [7, 11) is 0. The standard InChI is InChI=1S/C15H19NO2/c16-12-9-15(6-2-1-3-7-15)8-11-10(12)4-5-13(17)14(11)18/h4-5,9,17-18H,1-3,6-8,16H2. The van der Waals surface area contributed by atoms with E-state index in [1.165, 1.54) is 25.3 Å². The zero-order valence-electron chi connectivity index (χ0n) is 10.4. The van der Waals surface area contributed by atoms with E-state index in [1.807, 2.05) is 0 Å². The number of rotatable bonds is 0. The van der Waals surface area contributed by atoms with Crippen LogP contribution in [0.2, 0.25) is 0 Å². The Kier molecular flexibility index (Phi) is 2.51. The highest BCUT2D eigenvalue weighted by Crippen LogP contribution is 2.48. The number of phenolic OH excluding ortho intramolecular Hbond substituents is 2. The summed E-state index contributed by atoms with van der Waals surface area (Å²) < 4.78 is 0. The van der Waals surface area contributed by atoms with Crippen LogP contribution in [0.15, 0.2) is 18.2 Å². The second-order valence-electron chi connectivity index (χ2n) is 5.66. The second kappa shape index (κ2) is 3.94. The average molecular weight is 245 g/mol. The van der Waals surface area contributed by atoms with E-state index < -0.39 is 0 Å². The molecule has 96 valence electrons. The summed E-state index contributed by atoms with van der Waals surface area (Å²) in [5.74, 6) is -0.0390. The van der Waals surface area contributed by atoms with Crippen molar-refractivity contribution in [1.29, 1.82) is 0 Å². The molecule has 3 nitrogen and oxygen atoms in total. The van der Waals surface area contributed by atoms with Crippen LogP contribution in [-0.2, 0) is 6.42 Å². The van der Waals surface area contributed by atoms with Crippen LogP contribution in [0.3, 0.4) is 0 Å². The van der Waals surface area contributed by atoms with E-state index in [-0.39, 0.29) is 16.9 Å². The number of aromatic hydroxyl groups is 2. The third kappa shape index (κ3) is 1.65. The molecule has 2 aliphatic carbocycles. The first-order valence-corrected chi connectivity index (χ1v) is 6.64. The van der Waals surface area contributed by atoms with E-state index in [4.69, 9.17) is 5.73 Å². The van der Waals surface area contributed by atoms with Gasteiger partial charge in [0, 0.05) is 16.8 Å². The van der Waals surface area contributed by atoms with Crippen LogP contribution in [0.1, 0.15) is 43.2 Å². The minimum absolute atomic E-state index is 0.00787. The highest BCUT2D eigenvalue weighted by Gasteiger charge is 2.35. The number of allylic oxidation sites excluding steroid dienone is 1. The van der Waals surface area contributed by atoms with Gasteiger partial charge in [0.25, 0.3) is 0 Å². The Labute approximate surface area is 107 Å². The van der Waals surface area contributed by atoms with E-state index >= 15 is 0 Å². The molecule has 1 aromatic rings. The van der Waals surface area contributed by atoms with Crippen molar-refractivity contribution in [2.24, 2.45) is 11.1 Å². The molecular weight excluding hydrogens is 226 g/mol. The van der Waals surface area contributed by atoms with Crippen molar-refractivity contribution in [1.82, 2.24) is 0 Å². The zero-order chi connectivity index (χ0) is 12.8. The molecule has 3 heteroatoms. The molecule has 0 atom stereocenters. The molecule has 0 heterocycles. The third-order valence-corrected chi connectivity index (χ3v) is 4.41. The molecule has 0 amide bonds. The lowest BCUT2D eigenvalue weighted by atomic mass is 9.66. The Hall–Kier alpha value is -1.64. The van der Waals surface area contributed by atoms with Gasteiger partial charge < -0.3 is 15.9 Å². The van der Waals surface area contributed by atoms with Gasteiger partial charge in [-0.1, -0.05) is 25.3 Å². The van der Waals surface area contributed by atoms with Gasteiger partial charge >= 0.3 is 0 Å². The van der Waals surface area contributed by atoms with Crippen molar-refractivity contribution in [3.63, 3.8) is 0 Å². The lowest BCUT2D eigenvalue weighted by Crippen LogP contribution is -2.29. The van der Waals surface area contributed by atoms with Gasteiger partial charge in [-0.25, -0.2) is 0 Å². The minimum Gasteiger partial charge on any atom is -0.504 e. The average Bonchev–Trinajstić information content (AvgIpc) is 2.35. The molecule has 0 bridgehead atoms. The van der Waals surface area contributed by atoms with Gasteiger partial charge in [0.2, 0.25) is 0 Å². The monoisotopic (exact) mass is 245 g/mol. The molecule has 0 aliphatic heterocycles. The van der Waals surface area contributed by atoms with Crippen LogP contribution in [0, 0.1) is 5.41 Å². The van der Waals surface area contributed by atoms with Gasteiger partial charge in [0.05, 0.1) is 0 Å². The quantitative estimate of drug-likeness (QED) is 0.616. The molecule has 0 radical (unpaired) electrons. The van der Waals surface area contributed by atoms with Crippen LogP contribution >= 0.6 is 0 Å². The summed E-state index contributed by atoms with van der Waals surface area (Å²) in [6, 6.07) is 3.31. The Morgan fingerprint density at radius 2 is 1.78 bits per heavy atom. The summed E-state index contributed by atoms with van der Waals surface area (Å²) in [5, 5.41) is 19.7. The molecule has 1 fully saturated rings. The van der Waals surface area contributed by atoms with Gasteiger partial charge in [-0.2, -0.15) is 0 Å². The smallest absolute Gasteiger partial charge is 0.161 e. The highest BCUT2D eigenvalue weighted by molar-refractivity contribution is 5.72. The molecule has 1 saturated carbocycles. The highest BCUT2D eigenvalue weighted by atomic mass is 16.3. The Morgan fingerprint density at radius 1 is 1.06 bits per heavy atom. The molecule has 0 aromatic heterocycles. The minimum atomic E-state index is -0.0468. The summed E-state index contributed by atoms with van der Waals surface area (Å²) in [6.07, 6.45) is 8.96. The molecule has 1 spiro atoms. The molecule has 2 aliphatic rings. The SMILES string of the molecule is NC1=CC2(CCCCC2)Cc2c1ccc(O)c2O. The topological polar surface area (TPSA) is 66.5 Å². The first kappa shape index (κ1) is 11.5. The number of benzene rings is 1. The first-order chi connectivity index (χ1) is 8.61. The summed E-state index contributed by atoms with van der Waals surface area (Å²) in [5.41, 5.74) is 8.67. The predicted octanol–water partition coefficient (Wildman–Crippen LogP) is 2.90. The molecule has 4 N–H and O–H groups in total. The van der Waals surface area contributed by atoms with Gasteiger partial charge in [-0.05, 0) is 36.8 Å². The fraction of sp³-hybridized carbons (Fsp3) is 0.467. The molecule has 1 aromatic carbocycles. The fourth-order valence-corrected chi connectivity index (χ4v) is 3.46. The second-order valence-corrected chi connectivity index (χ2v) is 5.66. The maximum atomic E-state index is 10.0. The van der Waals surface area contributed by atoms with Crippen LogP contribution in [0.5, 0.6) is 11.5 Å². The Balaban J connectivity index is 2.09. The van der Waals surface area contributed by atoms with Gasteiger partial charge in [0.15, 0.2) is 11.5 Å². The normalized spacial score (nSPS) is 21.4. The number of phenols is 2.